The molecular formula is C13H15N3OS. The third-order valence-corrected chi connectivity index (χ3v) is 3.66. The van der Waals surface area contributed by atoms with Crippen LogP contribution < -0.4 is 11.1 Å². The molecule has 0 bridgehead atoms. The standard InChI is InChI=1S/C13H15N3OS/c1-9(12-7-15-8-18-12)16-6-10-3-2-4-11(5-10)13(14)17/h2-5,7-9,16H,6H2,1H3,(H2,14,17). The molecule has 0 aliphatic carbocycles. The highest BCUT2D eigenvalue weighted by Crippen LogP contribution is 2.17. The number of rotatable bonds is 5. The Bertz CT molecular complexity index is 525. The van der Waals surface area contributed by atoms with Crippen molar-refractivity contribution in [1.82, 2.24) is 10.3 Å². The van der Waals surface area contributed by atoms with Crippen LogP contribution in [0.3, 0.4) is 0 Å². The number of nitrogens with zero attached hydrogens (tertiary/aromatic N) is 1. The summed E-state index contributed by atoms with van der Waals surface area (Å²) in [6, 6.07) is 7.59. The van der Waals surface area contributed by atoms with E-state index in [1.165, 1.54) is 4.88 Å². The highest BCUT2D eigenvalue weighted by molar-refractivity contribution is 7.09. The van der Waals surface area contributed by atoms with Crippen molar-refractivity contribution in [3.63, 3.8) is 0 Å². The van der Waals surface area contributed by atoms with Crippen LogP contribution in [0.25, 0.3) is 0 Å². The van der Waals surface area contributed by atoms with Gasteiger partial charge in [-0.15, -0.1) is 11.3 Å². The zero-order valence-corrected chi connectivity index (χ0v) is 10.9. The fourth-order valence-corrected chi connectivity index (χ4v) is 2.30. The first-order valence-electron chi connectivity index (χ1n) is 5.67. The van der Waals surface area contributed by atoms with Gasteiger partial charge in [0.1, 0.15) is 0 Å². The summed E-state index contributed by atoms with van der Waals surface area (Å²) in [6.45, 7) is 2.78. The van der Waals surface area contributed by atoms with Crippen LogP contribution in [0.1, 0.15) is 33.8 Å². The predicted octanol–water partition coefficient (Wildman–Crippen LogP) is 2.09. The molecule has 1 amide bonds. The van der Waals surface area contributed by atoms with E-state index in [0.29, 0.717) is 12.1 Å². The second kappa shape index (κ2) is 5.75. The van der Waals surface area contributed by atoms with Crippen molar-refractivity contribution in [2.24, 2.45) is 5.73 Å². The van der Waals surface area contributed by atoms with E-state index in [0.717, 1.165) is 5.56 Å². The molecule has 2 aromatic rings. The number of carbonyl (C=O) groups is 1. The van der Waals surface area contributed by atoms with Gasteiger partial charge in [-0.3, -0.25) is 9.78 Å². The Morgan fingerprint density at radius 3 is 3.06 bits per heavy atom. The fraction of sp³-hybridized carbons (Fsp3) is 0.231. The number of hydrogen-bond donors (Lipinski definition) is 2. The first-order chi connectivity index (χ1) is 8.66. The third kappa shape index (κ3) is 3.15. The summed E-state index contributed by atoms with van der Waals surface area (Å²) in [4.78, 5) is 16.3. The van der Waals surface area contributed by atoms with E-state index in [9.17, 15) is 4.79 Å². The van der Waals surface area contributed by atoms with E-state index in [2.05, 4.69) is 17.2 Å². The Labute approximate surface area is 110 Å². The molecule has 94 valence electrons. The number of benzene rings is 1. The lowest BCUT2D eigenvalue weighted by molar-refractivity contribution is 0.1000. The first kappa shape index (κ1) is 12.7. The Morgan fingerprint density at radius 1 is 1.56 bits per heavy atom. The Balaban J connectivity index is 1.98. The van der Waals surface area contributed by atoms with Crippen LogP contribution in [0, 0.1) is 0 Å². The summed E-state index contributed by atoms with van der Waals surface area (Å²) in [7, 11) is 0. The number of hydrogen-bond acceptors (Lipinski definition) is 4. The Kier molecular flexibility index (Phi) is 4.07. The van der Waals surface area contributed by atoms with E-state index in [-0.39, 0.29) is 6.04 Å². The molecule has 1 aromatic heterocycles. The van der Waals surface area contributed by atoms with E-state index >= 15 is 0 Å². The van der Waals surface area contributed by atoms with Gasteiger partial charge in [-0.05, 0) is 24.6 Å². The lowest BCUT2D eigenvalue weighted by Gasteiger charge is -2.11. The largest absolute Gasteiger partial charge is 0.366 e. The quantitative estimate of drug-likeness (QED) is 0.866. The first-order valence-corrected chi connectivity index (χ1v) is 6.55. The molecule has 0 saturated heterocycles. The zero-order valence-electron chi connectivity index (χ0n) is 10.1. The van der Waals surface area contributed by atoms with Crippen LogP contribution in [-0.2, 0) is 6.54 Å². The van der Waals surface area contributed by atoms with Gasteiger partial charge in [-0.2, -0.15) is 0 Å². The number of carbonyl (C=O) groups excluding carboxylic acids is 1. The summed E-state index contributed by atoms with van der Waals surface area (Å²) >= 11 is 1.63. The molecule has 2 rings (SSSR count). The number of nitrogens with two attached hydrogens (primary N) is 1. The minimum absolute atomic E-state index is 0.245. The normalized spacial score (nSPS) is 12.3. The maximum absolute atomic E-state index is 11.1. The minimum Gasteiger partial charge on any atom is -0.366 e. The summed E-state index contributed by atoms with van der Waals surface area (Å²) < 4.78 is 0. The molecule has 1 atom stereocenters. The van der Waals surface area contributed by atoms with Crippen LogP contribution >= 0.6 is 11.3 Å². The molecule has 0 aliphatic heterocycles. The second-order valence-corrected chi connectivity index (χ2v) is 4.99. The molecule has 0 fully saturated rings. The SMILES string of the molecule is CC(NCc1cccc(C(N)=O)c1)c1cncs1. The molecule has 4 nitrogen and oxygen atoms in total. The van der Waals surface area contributed by atoms with Gasteiger partial charge >= 0.3 is 0 Å². The molecular weight excluding hydrogens is 246 g/mol. The zero-order chi connectivity index (χ0) is 13.0. The summed E-state index contributed by atoms with van der Waals surface area (Å²) in [6.07, 6.45) is 1.86. The van der Waals surface area contributed by atoms with Gasteiger partial charge in [0.05, 0.1) is 5.51 Å². The van der Waals surface area contributed by atoms with Crippen molar-refractivity contribution >= 4 is 17.2 Å². The fourth-order valence-electron chi connectivity index (χ4n) is 1.65. The molecule has 5 heteroatoms. The van der Waals surface area contributed by atoms with Crippen molar-refractivity contribution in [1.29, 1.82) is 0 Å². The molecule has 1 unspecified atom stereocenters. The average molecular weight is 261 g/mol. The van der Waals surface area contributed by atoms with E-state index < -0.39 is 5.91 Å². The van der Waals surface area contributed by atoms with Crippen LogP contribution in [0.15, 0.2) is 36.0 Å². The van der Waals surface area contributed by atoms with Crippen molar-refractivity contribution < 1.29 is 4.79 Å². The van der Waals surface area contributed by atoms with E-state index in [4.69, 9.17) is 5.73 Å². The number of primary amides is 1. The maximum Gasteiger partial charge on any atom is 0.248 e. The van der Waals surface area contributed by atoms with Crippen LogP contribution in [0.4, 0.5) is 0 Å². The van der Waals surface area contributed by atoms with Gasteiger partial charge in [0.15, 0.2) is 0 Å². The lowest BCUT2D eigenvalue weighted by Crippen LogP contribution is -2.18. The highest BCUT2D eigenvalue weighted by atomic mass is 32.1. The molecule has 0 radical (unpaired) electrons. The summed E-state index contributed by atoms with van der Waals surface area (Å²) in [5.41, 5.74) is 8.66. The van der Waals surface area contributed by atoms with Crippen molar-refractivity contribution in [2.75, 3.05) is 0 Å². The van der Waals surface area contributed by atoms with E-state index in [1.807, 2.05) is 29.9 Å². The Morgan fingerprint density at radius 2 is 2.39 bits per heavy atom. The summed E-state index contributed by atoms with van der Waals surface area (Å²) in [5, 5.41) is 3.39. The van der Waals surface area contributed by atoms with Gasteiger partial charge in [-0.25, -0.2) is 0 Å². The third-order valence-electron chi connectivity index (χ3n) is 2.70. The van der Waals surface area contributed by atoms with Gasteiger partial charge in [0.2, 0.25) is 5.91 Å². The molecule has 0 spiro atoms. The molecule has 1 heterocycles. The van der Waals surface area contributed by atoms with Crippen molar-refractivity contribution in [3.8, 4) is 0 Å². The van der Waals surface area contributed by atoms with Crippen molar-refractivity contribution in [3.05, 3.63) is 52.0 Å². The number of amides is 1. The smallest absolute Gasteiger partial charge is 0.248 e. The molecule has 1 aromatic carbocycles. The average Bonchev–Trinajstić information content (AvgIpc) is 2.90. The van der Waals surface area contributed by atoms with Gasteiger partial charge < -0.3 is 11.1 Å². The minimum atomic E-state index is -0.396. The second-order valence-electron chi connectivity index (χ2n) is 4.07. The van der Waals surface area contributed by atoms with Crippen LogP contribution in [0.5, 0.6) is 0 Å². The Hall–Kier alpha value is -1.72. The number of nitrogens with one attached hydrogen (secondary N) is 1. The van der Waals surface area contributed by atoms with Crippen LogP contribution in [0.2, 0.25) is 0 Å². The number of aromatic nitrogens is 1. The topological polar surface area (TPSA) is 68.0 Å². The molecule has 3 N–H and O–H groups in total. The van der Waals surface area contributed by atoms with Gasteiger partial charge in [-0.1, -0.05) is 12.1 Å². The predicted molar refractivity (Wildman–Crippen MR) is 72.3 cm³/mol. The summed E-state index contributed by atoms with van der Waals surface area (Å²) in [5.74, 6) is -0.396. The molecule has 0 saturated carbocycles. The highest BCUT2D eigenvalue weighted by Gasteiger charge is 2.07. The van der Waals surface area contributed by atoms with Gasteiger partial charge in [0.25, 0.3) is 0 Å². The van der Waals surface area contributed by atoms with Gasteiger partial charge in [0, 0.05) is 29.2 Å². The maximum atomic E-state index is 11.1. The van der Waals surface area contributed by atoms with E-state index in [1.54, 1.807) is 17.4 Å². The monoisotopic (exact) mass is 261 g/mol. The van der Waals surface area contributed by atoms with Crippen LogP contribution in [-0.4, -0.2) is 10.9 Å². The molecule has 0 aliphatic rings. The molecule has 18 heavy (non-hydrogen) atoms. The number of thiazole rings is 1. The lowest BCUT2D eigenvalue weighted by atomic mass is 10.1. The van der Waals surface area contributed by atoms with Crippen molar-refractivity contribution in [2.45, 2.75) is 19.5 Å².